The zero-order valence-corrected chi connectivity index (χ0v) is 15.2. The molecule has 0 saturated heterocycles. The molecule has 2 heterocycles. The zero-order chi connectivity index (χ0) is 19.3. The van der Waals surface area contributed by atoms with Crippen molar-refractivity contribution < 1.29 is 9.53 Å². The van der Waals surface area contributed by atoms with E-state index >= 15 is 0 Å². The number of nitrogens with one attached hydrogen (secondary N) is 1. The summed E-state index contributed by atoms with van der Waals surface area (Å²) < 4.78 is 5.73. The lowest BCUT2D eigenvalue weighted by Gasteiger charge is -2.14. The summed E-state index contributed by atoms with van der Waals surface area (Å²) in [5.41, 5.74) is 3.42. The van der Waals surface area contributed by atoms with E-state index < -0.39 is 6.10 Å². The van der Waals surface area contributed by atoms with Crippen LogP contribution in [0.15, 0.2) is 79.1 Å². The Labute approximate surface area is 162 Å². The Morgan fingerprint density at radius 2 is 1.68 bits per heavy atom. The van der Waals surface area contributed by atoms with E-state index in [1.165, 1.54) is 0 Å². The van der Waals surface area contributed by atoms with Crippen molar-refractivity contribution >= 4 is 22.8 Å². The molecule has 2 aromatic heterocycles. The molecule has 0 fully saturated rings. The molecule has 4 rings (SSSR count). The summed E-state index contributed by atoms with van der Waals surface area (Å²) in [4.78, 5) is 25.4. The van der Waals surface area contributed by atoms with Crippen LogP contribution in [0.1, 0.15) is 6.92 Å². The minimum atomic E-state index is -0.659. The highest BCUT2D eigenvalue weighted by molar-refractivity contribution is 5.93. The van der Waals surface area contributed by atoms with Crippen molar-refractivity contribution in [3.8, 4) is 17.0 Å². The van der Waals surface area contributed by atoms with Gasteiger partial charge in [0.25, 0.3) is 5.91 Å². The maximum atomic E-state index is 12.2. The van der Waals surface area contributed by atoms with Crippen molar-refractivity contribution in [2.45, 2.75) is 13.0 Å². The number of hydrogen-bond donors (Lipinski definition) is 1. The lowest BCUT2D eigenvalue weighted by Crippen LogP contribution is -2.30. The molecule has 0 aliphatic carbocycles. The van der Waals surface area contributed by atoms with Gasteiger partial charge in [0.2, 0.25) is 0 Å². The van der Waals surface area contributed by atoms with Gasteiger partial charge in [-0.05, 0) is 55.5 Å². The van der Waals surface area contributed by atoms with Crippen molar-refractivity contribution in [2.24, 2.45) is 0 Å². The van der Waals surface area contributed by atoms with Gasteiger partial charge in [0, 0.05) is 11.8 Å². The monoisotopic (exact) mass is 370 g/mol. The van der Waals surface area contributed by atoms with Gasteiger partial charge in [-0.1, -0.05) is 18.2 Å². The molecule has 0 saturated carbocycles. The first-order chi connectivity index (χ1) is 13.7. The lowest BCUT2D eigenvalue weighted by atomic mass is 10.1. The van der Waals surface area contributed by atoms with E-state index in [0.717, 1.165) is 22.3 Å². The van der Waals surface area contributed by atoms with Gasteiger partial charge in [-0.3, -0.25) is 9.78 Å². The number of carbonyl (C=O) groups is 1. The summed E-state index contributed by atoms with van der Waals surface area (Å²) in [5, 5.41) is 2.72. The SMILES string of the molecule is CC(Oc1ccc(-c2cnc3ccccc3n2)cc1)C(=O)Nc1ccccn1. The van der Waals surface area contributed by atoms with Crippen LogP contribution in [0.4, 0.5) is 5.82 Å². The van der Waals surface area contributed by atoms with Crippen LogP contribution in [-0.2, 0) is 4.79 Å². The number of nitrogens with zero attached hydrogens (tertiary/aromatic N) is 3. The Hall–Kier alpha value is -3.80. The number of benzene rings is 2. The van der Waals surface area contributed by atoms with Crippen molar-refractivity contribution in [1.82, 2.24) is 15.0 Å². The van der Waals surface area contributed by atoms with Crippen molar-refractivity contribution in [2.75, 3.05) is 5.32 Å². The third kappa shape index (κ3) is 3.96. The highest BCUT2D eigenvalue weighted by Gasteiger charge is 2.15. The van der Waals surface area contributed by atoms with Crippen LogP contribution in [0.25, 0.3) is 22.3 Å². The van der Waals surface area contributed by atoms with E-state index in [2.05, 4.69) is 20.3 Å². The van der Waals surface area contributed by atoms with E-state index in [4.69, 9.17) is 4.74 Å². The molecule has 1 atom stereocenters. The maximum absolute atomic E-state index is 12.2. The zero-order valence-electron chi connectivity index (χ0n) is 15.2. The minimum Gasteiger partial charge on any atom is -0.481 e. The van der Waals surface area contributed by atoms with Gasteiger partial charge < -0.3 is 10.1 Å². The molecule has 2 aromatic carbocycles. The number of rotatable bonds is 5. The Balaban J connectivity index is 1.44. The Morgan fingerprint density at radius 1 is 0.929 bits per heavy atom. The lowest BCUT2D eigenvalue weighted by molar-refractivity contribution is -0.122. The second-order valence-electron chi connectivity index (χ2n) is 6.23. The molecule has 1 N–H and O–H groups in total. The van der Waals surface area contributed by atoms with Gasteiger partial charge in [-0.15, -0.1) is 0 Å². The second kappa shape index (κ2) is 7.84. The minimum absolute atomic E-state index is 0.261. The smallest absolute Gasteiger partial charge is 0.266 e. The number of ether oxygens (including phenoxy) is 1. The predicted molar refractivity (Wildman–Crippen MR) is 108 cm³/mol. The molecule has 0 radical (unpaired) electrons. The molecule has 0 aliphatic heterocycles. The Morgan fingerprint density at radius 3 is 2.43 bits per heavy atom. The molecular weight excluding hydrogens is 352 g/mol. The molecule has 6 heteroatoms. The van der Waals surface area contributed by atoms with E-state index in [-0.39, 0.29) is 5.91 Å². The molecular formula is C22H18N4O2. The summed E-state index contributed by atoms with van der Waals surface area (Å²) in [5.74, 6) is 0.831. The number of amides is 1. The quantitative estimate of drug-likeness (QED) is 0.572. The third-order valence-electron chi connectivity index (χ3n) is 4.20. The average molecular weight is 370 g/mol. The Kier molecular flexibility index (Phi) is 4.93. The van der Waals surface area contributed by atoms with Gasteiger partial charge >= 0.3 is 0 Å². The van der Waals surface area contributed by atoms with Crippen LogP contribution < -0.4 is 10.1 Å². The number of aromatic nitrogens is 3. The molecule has 0 spiro atoms. The Bertz CT molecular complexity index is 1100. The van der Waals surface area contributed by atoms with Crippen LogP contribution in [-0.4, -0.2) is 27.0 Å². The molecule has 4 aromatic rings. The molecule has 0 aliphatic rings. The summed E-state index contributed by atoms with van der Waals surface area (Å²) in [6.45, 7) is 1.70. The highest BCUT2D eigenvalue weighted by atomic mass is 16.5. The van der Waals surface area contributed by atoms with Crippen LogP contribution in [0.5, 0.6) is 5.75 Å². The fourth-order valence-corrected chi connectivity index (χ4v) is 2.72. The summed E-state index contributed by atoms with van der Waals surface area (Å²) in [6.07, 6.45) is 2.71. The molecule has 1 amide bonds. The van der Waals surface area contributed by atoms with Gasteiger partial charge in [-0.25, -0.2) is 9.97 Å². The first-order valence-corrected chi connectivity index (χ1v) is 8.90. The second-order valence-corrected chi connectivity index (χ2v) is 6.23. The molecule has 6 nitrogen and oxygen atoms in total. The number of hydrogen-bond acceptors (Lipinski definition) is 5. The topological polar surface area (TPSA) is 77.0 Å². The van der Waals surface area contributed by atoms with Crippen LogP contribution >= 0.6 is 0 Å². The molecule has 138 valence electrons. The fourth-order valence-electron chi connectivity index (χ4n) is 2.72. The molecule has 1 unspecified atom stereocenters. The van der Waals surface area contributed by atoms with E-state index in [0.29, 0.717) is 11.6 Å². The van der Waals surface area contributed by atoms with Crippen molar-refractivity contribution in [1.29, 1.82) is 0 Å². The largest absolute Gasteiger partial charge is 0.481 e. The molecule has 0 bridgehead atoms. The van der Waals surface area contributed by atoms with Gasteiger partial charge in [0.15, 0.2) is 6.10 Å². The number of para-hydroxylation sites is 2. The van der Waals surface area contributed by atoms with E-state index in [1.54, 1.807) is 31.5 Å². The van der Waals surface area contributed by atoms with Gasteiger partial charge in [0.05, 0.1) is 22.9 Å². The number of fused-ring (bicyclic) bond motifs is 1. The summed E-state index contributed by atoms with van der Waals surface area (Å²) in [6, 6.07) is 20.5. The van der Waals surface area contributed by atoms with E-state index in [9.17, 15) is 4.79 Å². The van der Waals surface area contributed by atoms with E-state index in [1.807, 2.05) is 54.6 Å². The van der Waals surface area contributed by atoms with Gasteiger partial charge in [0.1, 0.15) is 11.6 Å². The number of pyridine rings is 1. The maximum Gasteiger partial charge on any atom is 0.266 e. The summed E-state index contributed by atoms with van der Waals surface area (Å²) >= 11 is 0. The van der Waals surface area contributed by atoms with Crippen LogP contribution in [0, 0.1) is 0 Å². The van der Waals surface area contributed by atoms with Crippen LogP contribution in [0.2, 0.25) is 0 Å². The first-order valence-electron chi connectivity index (χ1n) is 8.90. The summed E-state index contributed by atoms with van der Waals surface area (Å²) in [7, 11) is 0. The average Bonchev–Trinajstić information content (AvgIpc) is 2.74. The van der Waals surface area contributed by atoms with Crippen molar-refractivity contribution in [3.63, 3.8) is 0 Å². The fraction of sp³-hybridized carbons (Fsp3) is 0.0909. The van der Waals surface area contributed by atoms with Gasteiger partial charge in [-0.2, -0.15) is 0 Å². The van der Waals surface area contributed by atoms with Crippen molar-refractivity contribution in [3.05, 3.63) is 79.1 Å². The standard InChI is InChI=1S/C22H18N4O2/c1-15(22(27)26-21-8-4-5-13-23-21)28-17-11-9-16(10-12-17)20-14-24-18-6-2-3-7-19(18)25-20/h2-15H,1H3,(H,23,26,27). The molecule has 28 heavy (non-hydrogen) atoms. The van der Waals surface area contributed by atoms with Crippen LogP contribution in [0.3, 0.4) is 0 Å². The highest BCUT2D eigenvalue weighted by Crippen LogP contribution is 2.22. The first kappa shape index (κ1) is 17.6. The normalized spacial score (nSPS) is 11.8. The number of carbonyl (C=O) groups excluding carboxylic acids is 1. The third-order valence-corrected chi connectivity index (χ3v) is 4.20. The number of anilines is 1. The predicted octanol–water partition coefficient (Wildman–Crippen LogP) is 4.10.